The van der Waals surface area contributed by atoms with Crippen LogP contribution in [0.25, 0.3) is 21.0 Å². The summed E-state index contributed by atoms with van der Waals surface area (Å²) in [5, 5.41) is 10.4. The first-order valence-corrected chi connectivity index (χ1v) is 15.2. The fourth-order valence-corrected chi connectivity index (χ4v) is 7.30. The third kappa shape index (κ3) is 5.46. The summed E-state index contributed by atoms with van der Waals surface area (Å²) in [5.74, 6) is 0.116. The van der Waals surface area contributed by atoms with E-state index >= 15 is 0 Å². The molecular weight excluding hydrogens is 520 g/mol. The van der Waals surface area contributed by atoms with Crippen molar-refractivity contribution >= 4 is 27.3 Å². The summed E-state index contributed by atoms with van der Waals surface area (Å²) in [4.78, 5) is 19.5. The van der Waals surface area contributed by atoms with E-state index in [1.165, 1.54) is 11.3 Å². The molecule has 1 N–H and O–H groups in total. The third-order valence-electron chi connectivity index (χ3n) is 6.80. The molecule has 1 aromatic heterocycles. The van der Waals surface area contributed by atoms with Gasteiger partial charge < -0.3 is 9.64 Å². The van der Waals surface area contributed by atoms with Gasteiger partial charge in [-0.3, -0.25) is 4.79 Å². The molecule has 3 aromatic rings. The molecule has 10 heteroatoms. The van der Waals surface area contributed by atoms with Crippen molar-refractivity contribution in [1.29, 1.82) is 5.26 Å². The van der Waals surface area contributed by atoms with Crippen molar-refractivity contribution in [3.8, 4) is 32.8 Å². The van der Waals surface area contributed by atoms with Crippen molar-refractivity contribution in [2.75, 3.05) is 18.8 Å². The second-order valence-electron chi connectivity index (χ2n) is 10.3. The standard InChI is InChI=1S/C28H30N4O4S2/c1-17(2)36-25-10-7-19(11-20(25)12-29)28-30-13-26(37-28)23-6-4-5-22-21(23)8-9-24(22)31-38(34,35)16-27(33)32-14-18(3)15-32/h4-7,10-11,13,17-18,24,31H,8-9,14-16H2,1-3H3/t24-/m0/s1. The van der Waals surface area contributed by atoms with Crippen LogP contribution in [0.2, 0.25) is 0 Å². The lowest BCUT2D eigenvalue weighted by atomic mass is 10.0. The van der Waals surface area contributed by atoms with Crippen LogP contribution >= 0.6 is 11.3 Å². The predicted octanol–water partition coefficient (Wildman–Crippen LogP) is 4.52. The highest BCUT2D eigenvalue weighted by molar-refractivity contribution is 7.90. The number of hydrogen-bond acceptors (Lipinski definition) is 7. The summed E-state index contributed by atoms with van der Waals surface area (Å²) in [7, 11) is -3.76. The van der Waals surface area contributed by atoms with Crippen molar-refractivity contribution in [3.63, 3.8) is 0 Å². The lowest BCUT2D eigenvalue weighted by Crippen LogP contribution is -2.51. The highest BCUT2D eigenvalue weighted by atomic mass is 32.2. The molecule has 1 aliphatic heterocycles. The van der Waals surface area contributed by atoms with Gasteiger partial charge in [-0.1, -0.05) is 25.1 Å². The molecule has 0 unspecified atom stereocenters. The van der Waals surface area contributed by atoms with E-state index in [4.69, 9.17) is 4.74 Å². The summed E-state index contributed by atoms with van der Waals surface area (Å²) < 4.78 is 34.1. The number of benzene rings is 2. The normalized spacial score (nSPS) is 17.2. The van der Waals surface area contributed by atoms with Gasteiger partial charge >= 0.3 is 0 Å². The Hall–Kier alpha value is -3.26. The summed E-state index contributed by atoms with van der Waals surface area (Å²) in [6, 6.07) is 13.3. The molecule has 0 radical (unpaired) electrons. The van der Waals surface area contributed by atoms with Gasteiger partial charge in [0, 0.05) is 30.9 Å². The number of thiazole rings is 1. The fourth-order valence-electron chi connectivity index (χ4n) is 5.06. The lowest BCUT2D eigenvalue weighted by molar-refractivity contribution is -0.134. The minimum Gasteiger partial charge on any atom is -0.490 e. The van der Waals surface area contributed by atoms with Gasteiger partial charge in [0.15, 0.2) is 0 Å². The van der Waals surface area contributed by atoms with E-state index in [1.807, 2.05) is 51.2 Å². The number of likely N-dealkylation sites (tertiary alicyclic amines) is 1. The van der Waals surface area contributed by atoms with E-state index in [1.54, 1.807) is 17.0 Å². The number of amides is 1. The van der Waals surface area contributed by atoms with Gasteiger partial charge in [-0.05, 0) is 67.5 Å². The molecule has 198 valence electrons. The molecule has 1 aliphatic carbocycles. The maximum atomic E-state index is 12.8. The van der Waals surface area contributed by atoms with Crippen LogP contribution in [0.5, 0.6) is 5.75 Å². The molecule has 1 amide bonds. The Morgan fingerprint density at radius 2 is 2.08 bits per heavy atom. The van der Waals surface area contributed by atoms with Crippen molar-refractivity contribution in [2.45, 2.75) is 45.8 Å². The van der Waals surface area contributed by atoms with Crippen LogP contribution in [0.15, 0.2) is 42.6 Å². The molecule has 1 fully saturated rings. The number of carbonyl (C=O) groups excluding carboxylic acids is 1. The molecule has 38 heavy (non-hydrogen) atoms. The van der Waals surface area contributed by atoms with E-state index in [2.05, 4.69) is 15.8 Å². The Kier molecular flexibility index (Phi) is 7.27. The van der Waals surface area contributed by atoms with Crippen LogP contribution in [-0.4, -0.2) is 49.2 Å². The summed E-state index contributed by atoms with van der Waals surface area (Å²) in [5.41, 5.74) is 4.36. The zero-order valence-corrected chi connectivity index (χ0v) is 23.2. The van der Waals surface area contributed by atoms with Crippen molar-refractivity contribution in [1.82, 2.24) is 14.6 Å². The third-order valence-corrected chi connectivity index (χ3v) is 9.15. The van der Waals surface area contributed by atoms with Gasteiger partial charge in [0.05, 0.1) is 16.5 Å². The van der Waals surface area contributed by atoms with E-state index in [9.17, 15) is 18.5 Å². The number of aromatic nitrogens is 1. The molecule has 2 aromatic carbocycles. The molecule has 5 rings (SSSR count). The largest absolute Gasteiger partial charge is 0.490 e. The van der Waals surface area contributed by atoms with E-state index in [0.717, 1.165) is 38.6 Å². The Morgan fingerprint density at radius 3 is 2.79 bits per heavy atom. The molecule has 1 saturated heterocycles. The van der Waals surface area contributed by atoms with Crippen molar-refractivity contribution < 1.29 is 17.9 Å². The van der Waals surface area contributed by atoms with Gasteiger partial charge in [-0.15, -0.1) is 11.3 Å². The molecule has 2 aliphatic rings. The Labute approximate surface area is 227 Å². The van der Waals surface area contributed by atoms with E-state index in [-0.39, 0.29) is 18.1 Å². The topological polar surface area (TPSA) is 112 Å². The summed E-state index contributed by atoms with van der Waals surface area (Å²) in [6.45, 7) is 7.12. The molecule has 2 heterocycles. The molecule has 0 bridgehead atoms. The number of carbonyl (C=O) groups is 1. The average molecular weight is 551 g/mol. The number of hydrogen-bond donors (Lipinski definition) is 1. The number of nitrogens with zero attached hydrogens (tertiary/aromatic N) is 3. The van der Waals surface area contributed by atoms with E-state index in [0.29, 0.717) is 36.7 Å². The summed E-state index contributed by atoms with van der Waals surface area (Å²) in [6.07, 6.45) is 3.15. The second-order valence-corrected chi connectivity index (χ2v) is 13.0. The molecule has 1 atom stereocenters. The Balaban J connectivity index is 1.34. The second kappa shape index (κ2) is 10.5. The van der Waals surface area contributed by atoms with Crippen molar-refractivity contribution in [2.24, 2.45) is 5.92 Å². The van der Waals surface area contributed by atoms with Crippen molar-refractivity contribution in [3.05, 3.63) is 59.3 Å². The number of nitriles is 1. The first kappa shape index (κ1) is 26.4. The van der Waals surface area contributed by atoms with E-state index < -0.39 is 15.8 Å². The Morgan fingerprint density at radius 1 is 1.29 bits per heavy atom. The zero-order valence-electron chi connectivity index (χ0n) is 21.6. The van der Waals surface area contributed by atoms with Crippen LogP contribution in [-0.2, 0) is 21.2 Å². The van der Waals surface area contributed by atoms with Gasteiger partial charge in [0.25, 0.3) is 0 Å². The monoisotopic (exact) mass is 550 g/mol. The van der Waals surface area contributed by atoms with Crippen LogP contribution in [0.4, 0.5) is 0 Å². The highest BCUT2D eigenvalue weighted by Crippen LogP contribution is 2.41. The van der Waals surface area contributed by atoms with Crippen LogP contribution in [0.3, 0.4) is 0 Å². The first-order chi connectivity index (χ1) is 18.1. The van der Waals surface area contributed by atoms with Gasteiger partial charge in [-0.2, -0.15) is 5.26 Å². The number of nitrogens with one attached hydrogen (secondary N) is 1. The van der Waals surface area contributed by atoms with Crippen LogP contribution in [0.1, 0.15) is 49.9 Å². The highest BCUT2D eigenvalue weighted by Gasteiger charge is 2.33. The minimum atomic E-state index is -3.76. The number of rotatable bonds is 8. The average Bonchev–Trinajstić information content (AvgIpc) is 3.49. The van der Waals surface area contributed by atoms with Gasteiger partial charge in [0.1, 0.15) is 22.6 Å². The lowest BCUT2D eigenvalue weighted by Gasteiger charge is -2.37. The first-order valence-electron chi connectivity index (χ1n) is 12.7. The molecule has 8 nitrogen and oxygen atoms in total. The minimum absolute atomic E-state index is 0.0299. The van der Waals surface area contributed by atoms with Gasteiger partial charge in [0.2, 0.25) is 15.9 Å². The Bertz CT molecular complexity index is 1520. The maximum absolute atomic E-state index is 12.8. The van der Waals surface area contributed by atoms with Crippen LogP contribution in [0, 0.1) is 17.2 Å². The quantitative estimate of drug-likeness (QED) is 0.441. The number of fused-ring (bicyclic) bond motifs is 1. The summed E-state index contributed by atoms with van der Waals surface area (Å²) >= 11 is 1.53. The number of sulfonamides is 1. The molecule has 0 saturated carbocycles. The zero-order chi connectivity index (χ0) is 27.0. The molecule has 0 spiro atoms. The van der Waals surface area contributed by atoms with Gasteiger partial charge in [-0.25, -0.2) is 18.1 Å². The van der Waals surface area contributed by atoms with Crippen LogP contribution < -0.4 is 9.46 Å². The molecular formula is C28H30N4O4S2. The fraction of sp³-hybridized carbons (Fsp3) is 0.393. The SMILES string of the molecule is CC1CN(C(=O)CS(=O)(=O)N[C@H]2CCc3c(-c4cnc(-c5ccc(OC(C)C)c(C#N)c5)s4)cccc32)C1. The number of ether oxygens (including phenoxy) is 1. The smallest absolute Gasteiger partial charge is 0.239 e. The maximum Gasteiger partial charge on any atom is 0.239 e. The predicted molar refractivity (Wildman–Crippen MR) is 147 cm³/mol.